The van der Waals surface area contributed by atoms with Crippen LogP contribution in [-0.2, 0) is 0 Å². The molecule has 4 unspecified atom stereocenters. The van der Waals surface area contributed by atoms with E-state index in [4.69, 9.17) is 11.6 Å². The van der Waals surface area contributed by atoms with Gasteiger partial charge in [0, 0.05) is 18.1 Å². The number of aryl methyl sites for hydroxylation is 1. The smallest absolute Gasteiger partial charge is 0.264 e. The van der Waals surface area contributed by atoms with Gasteiger partial charge < -0.3 is 0 Å². The van der Waals surface area contributed by atoms with E-state index in [1.54, 1.807) is 0 Å². The highest BCUT2D eigenvalue weighted by atomic mass is 35.5. The molecular formula is C19H23ClN4OS. The summed E-state index contributed by atoms with van der Waals surface area (Å²) in [6.45, 7) is 8.37. The third-order valence-electron chi connectivity index (χ3n) is 5.14. The first kappa shape index (κ1) is 18.0. The fraction of sp³-hybridized carbons (Fsp3) is 0.526. The van der Waals surface area contributed by atoms with Crippen LogP contribution in [0.15, 0.2) is 29.4 Å². The van der Waals surface area contributed by atoms with Gasteiger partial charge in [0.15, 0.2) is 5.16 Å². The summed E-state index contributed by atoms with van der Waals surface area (Å²) in [6.07, 6.45) is 1.23. The fourth-order valence-electron chi connectivity index (χ4n) is 4.31. The van der Waals surface area contributed by atoms with Crippen LogP contribution in [-0.4, -0.2) is 43.9 Å². The van der Waals surface area contributed by atoms with Gasteiger partial charge in [-0.05, 0) is 42.9 Å². The number of benzene rings is 1. The minimum absolute atomic E-state index is 0.0152. The number of nitrogens with zero attached hydrogens (tertiary/aromatic N) is 4. The molecule has 2 aromatic rings. The highest BCUT2D eigenvalue weighted by Crippen LogP contribution is 2.43. The molecule has 0 bridgehead atoms. The first-order valence-electron chi connectivity index (χ1n) is 9.06. The summed E-state index contributed by atoms with van der Waals surface area (Å²) in [5, 5.41) is 5.43. The maximum absolute atomic E-state index is 13.1. The number of likely N-dealkylation sites (tertiary alicyclic amines) is 1. The molecule has 0 spiro atoms. The molecule has 0 amide bonds. The van der Waals surface area contributed by atoms with E-state index in [0.717, 1.165) is 18.7 Å². The van der Waals surface area contributed by atoms with Gasteiger partial charge in [0.05, 0.1) is 6.04 Å². The number of halogens is 1. The Kier molecular flexibility index (Phi) is 4.84. The number of carbonyl (C=O) groups excluding carboxylic acids is 1. The maximum atomic E-state index is 13.1. The lowest BCUT2D eigenvalue weighted by molar-refractivity contribution is 0.0712. The molecule has 1 aromatic carbocycles. The number of hydrogen-bond donors (Lipinski definition) is 0. The van der Waals surface area contributed by atoms with Crippen LogP contribution >= 0.6 is 23.4 Å². The van der Waals surface area contributed by atoms with E-state index in [1.807, 2.05) is 25.1 Å². The van der Waals surface area contributed by atoms with E-state index in [9.17, 15) is 4.79 Å². The lowest BCUT2D eigenvalue weighted by Gasteiger charge is -2.41. The van der Waals surface area contributed by atoms with Crippen LogP contribution in [0, 0.1) is 18.8 Å². The lowest BCUT2D eigenvalue weighted by Crippen LogP contribution is -2.46. The Morgan fingerprint density at radius 2 is 2.00 bits per heavy atom. The summed E-state index contributed by atoms with van der Waals surface area (Å²) in [7, 11) is 0. The van der Waals surface area contributed by atoms with E-state index in [1.165, 1.54) is 22.9 Å². The van der Waals surface area contributed by atoms with E-state index in [0.29, 0.717) is 27.8 Å². The van der Waals surface area contributed by atoms with Crippen molar-refractivity contribution in [2.24, 2.45) is 11.8 Å². The van der Waals surface area contributed by atoms with E-state index in [-0.39, 0.29) is 17.2 Å². The highest BCUT2D eigenvalue weighted by molar-refractivity contribution is 8.00. The zero-order valence-corrected chi connectivity index (χ0v) is 16.8. The van der Waals surface area contributed by atoms with Crippen LogP contribution in [0.5, 0.6) is 0 Å². The summed E-state index contributed by atoms with van der Waals surface area (Å²) in [5.41, 5.74) is 1.09. The number of piperidine rings is 1. The average molecular weight is 391 g/mol. The molecule has 2 aliphatic heterocycles. The predicted molar refractivity (Wildman–Crippen MR) is 104 cm³/mol. The van der Waals surface area contributed by atoms with Crippen molar-refractivity contribution in [3.05, 3.63) is 40.7 Å². The van der Waals surface area contributed by atoms with Crippen LogP contribution < -0.4 is 0 Å². The summed E-state index contributed by atoms with van der Waals surface area (Å²) in [5.74, 6) is 1.87. The second-order valence-electron chi connectivity index (χ2n) is 7.63. The Bertz CT molecular complexity index is 829. The molecule has 4 rings (SSSR count). The summed E-state index contributed by atoms with van der Waals surface area (Å²) in [6, 6.07) is 7.88. The lowest BCUT2D eigenvalue weighted by atomic mass is 9.89. The summed E-state index contributed by atoms with van der Waals surface area (Å²) >= 11 is 7.80. The van der Waals surface area contributed by atoms with Gasteiger partial charge in [0.25, 0.3) is 5.91 Å². The Morgan fingerprint density at radius 1 is 1.27 bits per heavy atom. The molecule has 1 aromatic heterocycles. The normalized spacial score (nSPS) is 27.5. The molecule has 7 heteroatoms. The average Bonchev–Trinajstić information content (AvgIpc) is 3.05. The zero-order valence-electron chi connectivity index (χ0n) is 15.2. The topological polar surface area (TPSA) is 51.0 Å². The molecule has 1 saturated heterocycles. The van der Waals surface area contributed by atoms with Gasteiger partial charge in [0.2, 0.25) is 0 Å². The number of rotatable bonds is 3. The first-order valence-corrected chi connectivity index (χ1v) is 10.3. The van der Waals surface area contributed by atoms with Crippen molar-refractivity contribution in [1.29, 1.82) is 0 Å². The Hall–Kier alpha value is -1.37. The number of carbonyl (C=O) groups is 1. The molecule has 3 heterocycles. The predicted octanol–water partition coefficient (Wildman–Crippen LogP) is 4.07. The van der Waals surface area contributed by atoms with Crippen molar-refractivity contribution >= 4 is 29.3 Å². The van der Waals surface area contributed by atoms with E-state index >= 15 is 0 Å². The van der Waals surface area contributed by atoms with Crippen molar-refractivity contribution in [2.75, 3.05) is 13.1 Å². The SMILES string of the molecule is Cc1nc2n(n1)C(=O)C(C(c1cccc(Cl)c1)N1CC(C)CC(C)C1)S2. The quantitative estimate of drug-likeness (QED) is 0.790. The van der Waals surface area contributed by atoms with Gasteiger partial charge in [-0.2, -0.15) is 4.68 Å². The third-order valence-corrected chi connectivity index (χ3v) is 6.56. The van der Waals surface area contributed by atoms with Crippen molar-refractivity contribution in [3.8, 4) is 0 Å². The first-order chi connectivity index (χ1) is 12.4. The minimum Gasteiger partial charge on any atom is -0.294 e. The van der Waals surface area contributed by atoms with Crippen molar-refractivity contribution in [1.82, 2.24) is 19.7 Å². The molecule has 26 heavy (non-hydrogen) atoms. The molecule has 4 atom stereocenters. The Morgan fingerprint density at radius 3 is 2.65 bits per heavy atom. The van der Waals surface area contributed by atoms with Crippen LogP contribution in [0.4, 0.5) is 0 Å². The minimum atomic E-state index is -0.249. The van der Waals surface area contributed by atoms with Gasteiger partial charge in [0.1, 0.15) is 11.1 Å². The van der Waals surface area contributed by atoms with Gasteiger partial charge in [-0.25, -0.2) is 4.98 Å². The second kappa shape index (κ2) is 6.98. The molecule has 5 nitrogen and oxygen atoms in total. The van der Waals surface area contributed by atoms with Crippen LogP contribution in [0.2, 0.25) is 5.02 Å². The van der Waals surface area contributed by atoms with E-state index < -0.39 is 0 Å². The van der Waals surface area contributed by atoms with Gasteiger partial charge >= 0.3 is 0 Å². The summed E-state index contributed by atoms with van der Waals surface area (Å²) < 4.78 is 1.47. The number of aromatic nitrogens is 3. The van der Waals surface area contributed by atoms with Gasteiger partial charge in [-0.1, -0.05) is 49.3 Å². The Balaban J connectivity index is 1.72. The third kappa shape index (κ3) is 3.30. The molecule has 0 radical (unpaired) electrons. The zero-order chi connectivity index (χ0) is 18.4. The number of thioether (sulfide) groups is 1. The monoisotopic (exact) mass is 390 g/mol. The number of hydrogen-bond acceptors (Lipinski definition) is 5. The molecular weight excluding hydrogens is 368 g/mol. The van der Waals surface area contributed by atoms with Crippen molar-refractivity contribution < 1.29 is 4.79 Å². The van der Waals surface area contributed by atoms with Crippen molar-refractivity contribution in [3.63, 3.8) is 0 Å². The van der Waals surface area contributed by atoms with Crippen molar-refractivity contribution in [2.45, 2.75) is 43.6 Å². The molecule has 1 fully saturated rings. The largest absolute Gasteiger partial charge is 0.294 e. The van der Waals surface area contributed by atoms with Gasteiger partial charge in [-0.3, -0.25) is 9.69 Å². The standard InChI is InChI=1S/C19H23ClN4OS/c1-11-7-12(2)10-23(9-11)16(14-5-4-6-15(20)8-14)17-18(25)24-19(26-17)21-13(3)22-24/h4-6,8,11-12,16-17H,7,9-10H2,1-3H3. The van der Waals surface area contributed by atoms with Gasteiger partial charge in [-0.15, -0.1) is 5.10 Å². The molecule has 138 valence electrons. The molecule has 0 N–H and O–H groups in total. The van der Waals surface area contributed by atoms with Crippen LogP contribution in [0.3, 0.4) is 0 Å². The summed E-state index contributed by atoms with van der Waals surface area (Å²) in [4.78, 5) is 20.0. The van der Waals surface area contributed by atoms with Crippen LogP contribution in [0.25, 0.3) is 0 Å². The number of fused-ring (bicyclic) bond motifs is 1. The van der Waals surface area contributed by atoms with Crippen LogP contribution in [0.1, 0.15) is 42.5 Å². The highest BCUT2D eigenvalue weighted by Gasteiger charge is 2.44. The molecule has 2 aliphatic rings. The molecule has 0 aliphatic carbocycles. The molecule has 0 saturated carbocycles. The van der Waals surface area contributed by atoms with E-state index in [2.05, 4.69) is 34.9 Å². The fourth-order valence-corrected chi connectivity index (χ4v) is 5.81. The second-order valence-corrected chi connectivity index (χ2v) is 9.18. The maximum Gasteiger partial charge on any atom is 0.264 e. The Labute approximate surface area is 163 Å².